The summed E-state index contributed by atoms with van der Waals surface area (Å²) in [6.45, 7) is 2.73. The number of hydrogen-bond donors (Lipinski definition) is 1. The van der Waals surface area contributed by atoms with Gasteiger partial charge in [0.2, 0.25) is 5.75 Å². The number of methoxy groups -OCH3 is 3. The van der Waals surface area contributed by atoms with Gasteiger partial charge in [0, 0.05) is 6.54 Å². The molecule has 0 saturated heterocycles. The molecule has 3 rings (SSSR count). The van der Waals surface area contributed by atoms with E-state index < -0.39 is 6.10 Å². The van der Waals surface area contributed by atoms with E-state index in [4.69, 9.17) is 14.2 Å². The number of aromatic nitrogens is 2. The summed E-state index contributed by atoms with van der Waals surface area (Å²) < 4.78 is 18.1. The zero-order valence-electron chi connectivity index (χ0n) is 14.8. The van der Waals surface area contributed by atoms with Crippen LogP contribution < -0.4 is 14.2 Å². The molecule has 0 saturated carbocycles. The second-order valence-corrected chi connectivity index (χ2v) is 5.56. The molecule has 132 valence electrons. The van der Waals surface area contributed by atoms with E-state index >= 15 is 0 Å². The minimum atomic E-state index is -0.916. The lowest BCUT2D eigenvalue weighted by molar-refractivity contribution is 0.204. The zero-order chi connectivity index (χ0) is 18.0. The Morgan fingerprint density at radius 1 is 1.04 bits per heavy atom. The van der Waals surface area contributed by atoms with Gasteiger partial charge in [0.1, 0.15) is 11.9 Å². The topological polar surface area (TPSA) is 65.7 Å². The lowest BCUT2D eigenvalue weighted by atomic mass is 10.1. The molecule has 2 aromatic carbocycles. The second kappa shape index (κ2) is 7.03. The van der Waals surface area contributed by atoms with Crippen LogP contribution in [0.5, 0.6) is 17.2 Å². The highest BCUT2D eigenvalue weighted by Gasteiger charge is 2.23. The van der Waals surface area contributed by atoms with Crippen LogP contribution in [0.1, 0.15) is 24.4 Å². The molecule has 0 aliphatic rings. The molecular weight excluding hydrogens is 320 g/mol. The Kier molecular flexibility index (Phi) is 4.81. The predicted molar refractivity (Wildman–Crippen MR) is 95.6 cm³/mol. The molecule has 0 bridgehead atoms. The molecule has 0 amide bonds. The molecule has 1 heterocycles. The number of imidazole rings is 1. The number of hydrogen-bond acceptors (Lipinski definition) is 5. The number of aryl methyl sites for hydroxylation is 1. The number of nitrogens with zero attached hydrogens (tertiary/aromatic N) is 2. The van der Waals surface area contributed by atoms with Crippen molar-refractivity contribution in [2.24, 2.45) is 0 Å². The van der Waals surface area contributed by atoms with Crippen molar-refractivity contribution in [3.05, 3.63) is 47.8 Å². The Morgan fingerprint density at radius 2 is 1.68 bits per heavy atom. The first-order valence-electron chi connectivity index (χ1n) is 8.07. The molecule has 3 aromatic rings. The van der Waals surface area contributed by atoms with E-state index in [1.165, 1.54) is 0 Å². The van der Waals surface area contributed by atoms with E-state index in [0.29, 0.717) is 35.2 Å². The van der Waals surface area contributed by atoms with Crippen molar-refractivity contribution in [1.82, 2.24) is 9.55 Å². The first-order chi connectivity index (χ1) is 12.1. The summed E-state index contributed by atoms with van der Waals surface area (Å²) in [6.07, 6.45) is -0.916. The summed E-state index contributed by atoms with van der Waals surface area (Å²) in [6, 6.07) is 11.3. The third kappa shape index (κ3) is 2.89. The molecule has 0 radical (unpaired) electrons. The number of para-hydroxylation sites is 2. The van der Waals surface area contributed by atoms with Crippen LogP contribution in [0.3, 0.4) is 0 Å². The summed E-state index contributed by atoms with van der Waals surface area (Å²) in [7, 11) is 4.65. The van der Waals surface area contributed by atoms with Gasteiger partial charge in [0.25, 0.3) is 0 Å². The highest BCUT2D eigenvalue weighted by atomic mass is 16.5. The molecule has 6 heteroatoms. The fraction of sp³-hybridized carbons (Fsp3) is 0.316. The van der Waals surface area contributed by atoms with Crippen molar-refractivity contribution in [3.8, 4) is 17.2 Å². The molecule has 1 atom stereocenters. The minimum absolute atomic E-state index is 0.491. The SMILES string of the molecule is CCn1c([C@@H](O)c2cc(OC)c(OC)c(OC)c2)nc2ccccc21. The van der Waals surface area contributed by atoms with Gasteiger partial charge in [-0.3, -0.25) is 0 Å². The number of ether oxygens (including phenoxy) is 3. The number of fused-ring (bicyclic) bond motifs is 1. The summed E-state index contributed by atoms with van der Waals surface area (Å²) in [5.41, 5.74) is 2.47. The Balaban J connectivity index is 2.14. The lowest BCUT2D eigenvalue weighted by Crippen LogP contribution is -2.10. The first kappa shape index (κ1) is 17.1. The minimum Gasteiger partial charge on any atom is -0.493 e. The highest BCUT2D eigenvalue weighted by molar-refractivity contribution is 5.76. The average molecular weight is 342 g/mol. The third-order valence-electron chi connectivity index (χ3n) is 4.25. The Bertz CT molecular complexity index is 863. The molecule has 0 fully saturated rings. The van der Waals surface area contributed by atoms with Crippen LogP contribution in [-0.4, -0.2) is 36.0 Å². The Hall–Kier alpha value is -2.73. The van der Waals surface area contributed by atoms with Crippen LogP contribution in [0, 0.1) is 0 Å². The molecule has 1 N–H and O–H groups in total. The monoisotopic (exact) mass is 342 g/mol. The standard InChI is InChI=1S/C19H22N2O4/c1-5-21-14-9-7-6-8-13(14)20-19(21)17(22)12-10-15(23-2)18(25-4)16(11-12)24-3/h6-11,17,22H,5H2,1-4H3/t17-/m0/s1. The number of aliphatic hydroxyl groups is 1. The van der Waals surface area contributed by atoms with Gasteiger partial charge in [-0.1, -0.05) is 12.1 Å². The largest absolute Gasteiger partial charge is 0.493 e. The normalized spacial score (nSPS) is 12.2. The third-order valence-corrected chi connectivity index (χ3v) is 4.25. The van der Waals surface area contributed by atoms with Gasteiger partial charge in [-0.15, -0.1) is 0 Å². The van der Waals surface area contributed by atoms with Crippen molar-refractivity contribution in [2.45, 2.75) is 19.6 Å². The van der Waals surface area contributed by atoms with Crippen molar-refractivity contribution >= 4 is 11.0 Å². The maximum Gasteiger partial charge on any atom is 0.203 e. The lowest BCUT2D eigenvalue weighted by Gasteiger charge is -2.17. The maximum absolute atomic E-state index is 11.0. The van der Waals surface area contributed by atoms with Gasteiger partial charge < -0.3 is 23.9 Å². The number of benzene rings is 2. The van der Waals surface area contributed by atoms with Crippen LogP contribution in [-0.2, 0) is 6.54 Å². The Labute approximate surface area is 146 Å². The van der Waals surface area contributed by atoms with E-state index in [0.717, 1.165) is 11.0 Å². The van der Waals surface area contributed by atoms with E-state index in [2.05, 4.69) is 4.98 Å². The summed E-state index contributed by atoms with van der Waals surface area (Å²) >= 11 is 0. The molecule has 0 unspecified atom stereocenters. The number of aliphatic hydroxyl groups excluding tert-OH is 1. The first-order valence-corrected chi connectivity index (χ1v) is 8.07. The fourth-order valence-corrected chi connectivity index (χ4v) is 3.04. The highest BCUT2D eigenvalue weighted by Crippen LogP contribution is 2.40. The molecule has 0 aliphatic heterocycles. The summed E-state index contributed by atoms with van der Waals surface area (Å²) in [5.74, 6) is 2.06. The predicted octanol–water partition coefficient (Wildman–Crippen LogP) is 3.16. The van der Waals surface area contributed by atoms with E-state index in [9.17, 15) is 5.11 Å². The van der Waals surface area contributed by atoms with Crippen LogP contribution in [0.4, 0.5) is 0 Å². The second-order valence-electron chi connectivity index (χ2n) is 5.56. The summed E-state index contributed by atoms with van der Waals surface area (Å²) in [4.78, 5) is 4.61. The molecule has 25 heavy (non-hydrogen) atoms. The van der Waals surface area contributed by atoms with E-state index in [1.54, 1.807) is 33.5 Å². The molecule has 0 spiro atoms. The van der Waals surface area contributed by atoms with Crippen LogP contribution in [0.25, 0.3) is 11.0 Å². The fourth-order valence-electron chi connectivity index (χ4n) is 3.04. The molecular formula is C19H22N2O4. The molecule has 1 aromatic heterocycles. The van der Waals surface area contributed by atoms with Gasteiger partial charge in [-0.2, -0.15) is 0 Å². The smallest absolute Gasteiger partial charge is 0.203 e. The van der Waals surface area contributed by atoms with E-state index in [-0.39, 0.29) is 0 Å². The van der Waals surface area contributed by atoms with Gasteiger partial charge in [0.05, 0.1) is 32.4 Å². The van der Waals surface area contributed by atoms with Crippen molar-refractivity contribution in [1.29, 1.82) is 0 Å². The van der Waals surface area contributed by atoms with Gasteiger partial charge >= 0.3 is 0 Å². The van der Waals surface area contributed by atoms with Crippen LogP contribution in [0.2, 0.25) is 0 Å². The van der Waals surface area contributed by atoms with Crippen LogP contribution >= 0.6 is 0 Å². The van der Waals surface area contributed by atoms with Gasteiger partial charge in [-0.05, 0) is 36.8 Å². The zero-order valence-corrected chi connectivity index (χ0v) is 14.8. The van der Waals surface area contributed by atoms with Gasteiger partial charge in [-0.25, -0.2) is 4.98 Å². The van der Waals surface area contributed by atoms with Crippen LogP contribution in [0.15, 0.2) is 36.4 Å². The molecule has 0 aliphatic carbocycles. The molecule has 6 nitrogen and oxygen atoms in total. The average Bonchev–Trinajstić information content (AvgIpc) is 3.04. The Morgan fingerprint density at radius 3 is 2.24 bits per heavy atom. The van der Waals surface area contributed by atoms with E-state index in [1.807, 2.05) is 35.8 Å². The van der Waals surface area contributed by atoms with Gasteiger partial charge in [0.15, 0.2) is 11.5 Å². The number of rotatable bonds is 6. The summed E-state index contributed by atoms with van der Waals surface area (Å²) in [5, 5.41) is 11.0. The van der Waals surface area contributed by atoms with Crippen molar-refractivity contribution in [2.75, 3.05) is 21.3 Å². The maximum atomic E-state index is 11.0. The quantitative estimate of drug-likeness (QED) is 0.745. The van der Waals surface area contributed by atoms with Crippen molar-refractivity contribution in [3.63, 3.8) is 0 Å². The van der Waals surface area contributed by atoms with Crippen molar-refractivity contribution < 1.29 is 19.3 Å².